The van der Waals surface area contributed by atoms with Crippen LogP contribution < -0.4 is 10.2 Å². The molecule has 1 N–H and O–H groups in total. The summed E-state index contributed by atoms with van der Waals surface area (Å²) in [5.74, 6) is 1.60. The fraction of sp³-hybridized carbons (Fsp3) is 0.609. The molecule has 180 valence electrons. The molecular weight excluding hydrogens is 451 g/mol. The molecule has 2 aromatic heterocycles. The second-order valence-corrected chi connectivity index (χ2v) is 10.9. The molecule has 10 heteroatoms. The van der Waals surface area contributed by atoms with Crippen LogP contribution in [0.25, 0.3) is 0 Å². The molecule has 1 aliphatic carbocycles. The molecular formula is C23H30F3N5OS. The van der Waals surface area contributed by atoms with Crippen molar-refractivity contribution in [3.05, 3.63) is 40.0 Å². The van der Waals surface area contributed by atoms with Crippen LogP contribution in [-0.4, -0.2) is 60.0 Å². The van der Waals surface area contributed by atoms with Gasteiger partial charge in [0.05, 0.1) is 4.88 Å². The summed E-state index contributed by atoms with van der Waals surface area (Å²) in [7, 11) is 0. The van der Waals surface area contributed by atoms with Gasteiger partial charge in [-0.3, -0.25) is 9.69 Å². The largest absolute Gasteiger partial charge is 0.433 e. The van der Waals surface area contributed by atoms with E-state index in [1.54, 1.807) is 0 Å². The number of carbonyl (C=O) groups excluding carboxylic acids is 1. The minimum atomic E-state index is -4.50. The standard InChI is InChI=1S/C23H30F3N5OS/c1-22(2,3)21-28-18(23(24,25)26)12-19(29-21)31-8-6-30(7-9-31)14-16-11-15(16)13-27-20(32)17-5-4-10-33-17/h4-5,10,12,15-16H,6-9,11,13-14H2,1-3H3,(H,27,32). The zero-order valence-electron chi connectivity index (χ0n) is 19.2. The summed E-state index contributed by atoms with van der Waals surface area (Å²) in [6, 6.07) is 4.76. The van der Waals surface area contributed by atoms with Crippen molar-refractivity contribution in [2.75, 3.05) is 44.2 Å². The SMILES string of the molecule is CC(C)(C)c1nc(N2CCN(CC3CC3CNC(=O)c3cccs3)CC2)cc(C(F)(F)F)n1. The Hall–Kier alpha value is -2.20. The lowest BCUT2D eigenvalue weighted by molar-refractivity contribution is -0.141. The zero-order chi connectivity index (χ0) is 23.8. The van der Waals surface area contributed by atoms with Crippen molar-refractivity contribution < 1.29 is 18.0 Å². The first-order chi connectivity index (χ1) is 15.5. The van der Waals surface area contributed by atoms with E-state index in [1.165, 1.54) is 11.3 Å². The number of halogens is 3. The maximum atomic E-state index is 13.4. The van der Waals surface area contributed by atoms with Gasteiger partial charge in [0.1, 0.15) is 17.3 Å². The number of aromatic nitrogens is 2. The van der Waals surface area contributed by atoms with Crippen molar-refractivity contribution in [1.82, 2.24) is 20.2 Å². The van der Waals surface area contributed by atoms with Crippen LogP contribution in [0.4, 0.5) is 19.0 Å². The fourth-order valence-corrected chi connectivity index (χ4v) is 4.71. The Labute approximate surface area is 196 Å². The van der Waals surface area contributed by atoms with E-state index in [0.29, 0.717) is 37.3 Å². The van der Waals surface area contributed by atoms with Gasteiger partial charge in [0.15, 0.2) is 0 Å². The predicted octanol–water partition coefficient (Wildman–Crippen LogP) is 4.04. The van der Waals surface area contributed by atoms with Crippen LogP contribution in [0.1, 0.15) is 48.4 Å². The van der Waals surface area contributed by atoms with Crippen LogP contribution in [0.5, 0.6) is 0 Å². The van der Waals surface area contributed by atoms with Crippen molar-refractivity contribution in [3.8, 4) is 0 Å². The molecule has 2 unspecified atom stereocenters. The second kappa shape index (κ2) is 9.21. The average molecular weight is 482 g/mol. The normalized spacial score (nSPS) is 21.8. The molecule has 0 radical (unpaired) electrons. The predicted molar refractivity (Wildman–Crippen MR) is 123 cm³/mol. The van der Waals surface area contributed by atoms with Gasteiger partial charge in [0, 0.05) is 50.7 Å². The number of amides is 1. The summed E-state index contributed by atoms with van der Waals surface area (Å²) < 4.78 is 40.2. The molecule has 1 saturated heterocycles. The fourth-order valence-electron chi connectivity index (χ4n) is 4.07. The smallest absolute Gasteiger partial charge is 0.354 e. The molecule has 2 aliphatic rings. The highest BCUT2D eigenvalue weighted by Crippen LogP contribution is 2.39. The van der Waals surface area contributed by atoms with Crippen molar-refractivity contribution >= 4 is 23.1 Å². The topological polar surface area (TPSA) is 61.4 Å². The van der Waals surface area contributed by atoms with Crippen molar-refractivity contribution in [1.29, 1.82) is 0 Å². The molecule has 1 amide bonds. The summed E-state index contributed by atoms with van der Waals surface area (Å²) in [6.07, 6.45) is -3.40. The van der Waals surface area contributed by atoms with E-state index in [-0.39, 0.29) is 11.7 Å². The van der Waals surface area contributed by atoms with E-state index in [9.17, 15) is 18.0 Å². The van der Waals surface area contributed by atoms with Crippen molar-refractivity contribution in [2.24, 2.45) is 11.8 Å². The monoisotopic (exact) mass is 481 g/mol. The van der Waals surface area contributed by atoms with Crippen molar-refractivity contribution in [3.63, 3.8) is 0 Å². The van der Waals surface area contributed by atoms with Crippen LogP contribution in [-0.2, 0) is 11.6 Å². The first-order valence-electron chi connectivity index (χ1n) is 11.3. The summed E-state index contributed by atoms with van der Waals surface area (Å²) in [6.45, 7) is 9.92. The van der Waals surface area contributed by atoms with Gasteiger partial charge in [-0.1, -0.05) is 26.8 Å². The molecule has 2 fully saturated rings. The maximum absolute atomic E-state index is 13.4. The molecule has 3 heterocycles. The van der Waals surface area contributed by atoms with Gasteiger partial charge < -0.3 is 10.2 Å². The van der Waals surface area contributed by atoms with Crippen LogP contribution in [0.3, 0.4) is 0 Å². The highest BCUT2D eigenvalue weighted by molar-refractivity contribution is 7.12. The third kappa shape index (κ3) is 6.03. The number of alkyl halides is 3. The molecule has 2 aromatic rings. The van der Waals surface area contributed by atoms with Gasteiger partial charge >= 0.3 is 6.18 Å². The molecule has 6 nitrogen and oxygen atoms in total. The zero-order valence-corrected chi connectivity index (χ0v) is 20.0. The molecule has 0 bridgehead atoms. The van der Waals surface area contributed by atoms with E-state index in [2.05, 4.69) is 20.2 Å². The third-order valence-electron chi connectivity index (χ3n) is 6.20. The Bertz CT molecular complexity index is 933. The van der Waals surface area contributed by atoms with E-state index < -0.39 is 17.3 Å². The van der Waals surface area contributed by atoms with E-state index in [4.69, 9.17) is 0 Å². The number of hydrogen-bond acceptors (Lipinski definition) is 6. The molecule has 2 atom stereocenters. The van der Waals surface area contributed by atoms with Gasteiger partial charge in [-0.05, 0) is 29.7 Å². The summed E-state index contributed by atoms with van der Waals surface area (Å²) in [4.78, 5) is 25.4. The van der Waals surface area contributed by atoms with Crippen LogP contribution >= 0.6 is 11.3 Å². The van der Waals surface area contributed by atoms with Crippen molar-refractivity contribution in [2.45, 2.75) is 38.8 Å². The number of piperazine rings is 1. The van der Waals surface area contributed by atoms with Gasteiger partial charge in [-0.25, -0.2) is 9.97 Å². The lowest BCUT2D eigenvalue weighted by Gasteiger charge is -2.36. The Morgan fingerprint density at radius 1 is 1.15 bits per heavy atom. The Morgan fingerprint density at radius 2 is 1.88 bits per heavy atom. The molecule has 33 heavy (non-hydrogen) atoms. The Balaban J connectivity index is 1.28. The quantitative estimate of drug-likeness (QED) is 0.675. The van der Waals surface area contributed by atoms with Gasteiger partial charge in [0.2, 0.25) is 0 Å². The molecule has 0 spiro atoms. The number of rotatable bonds is 6. The number of anilines is 1. The van der Waals surface area contributed by atoms with Gasteiger partial charge in [-0.15, -0.1) is 11.3 Å². The highest BCUT2D eigenvalue weighted by atomic mass is 32.1. The second-order valence-electron chi connectivity index (χ2n) is 9.91. The van der Waals surface area contributed by atoms with Gasteiger partial charge in [0.25, 0.3) is 5.91 Å². The minimum absolute atomic E-state index is 0.0121. The first-order valence-corrected chi connectivity index (χ1v) is 12.1. The summed E-state index contributed by atoms with van der Waals surface area (Å²) in [5.41, 5.74) is -1.46. The van der Waals surface area contributed by atoms with E-state index in [1.807, 2.05) is 43.2 Å². The Morgan fingerprint density at radius 3 is 2.48 bits per heavy atom. The van der Waals surface area contributed by atoms with Gasteiger partial charge in [-0.2, -0.15) is 13.2 Å². The van der Waals surface area contributed by atoms with E-state index in [0.717, 1.165) is 37.0 Å². The van der Waals surface area contributed by atoms with Crippen LogP contribution in [0, 0.1) is 11.8 Å². The molecule has 0 aromatic carbocycles. The number of carbonyl (C=O) groups is 1. The summed E-state index contributed by atoms with van der Waals surface area (Å²) >= 11 is 1.44. The maximum Gasteiger partial charge on any atom is 0.433 e. The Kier molecular flexibility index (Phi) is 6.68. The molecule has 1 aliphatic heterocycles. The lowest BCUT2D eigenvalue weighted by Crippen LogP contribution is -2.47. The first kappa shape index (κ1) is 23.9. The van der Waals surface area contributed by atoms with Crippen LogP contribution in [0.15, 0.2) is 23.6 Å². The third-order valence-corrected chi connectivity index (χ3v) is 7.07. The summed E-state index contributed by atoms with van der Waals surface area (Å²) in [5, 5.41) is 4.91. The number of nitrogens with one attached hydrogen (secondary N) is 1. The minimum Gasteiger partial charge on any atom is -0.354 e. The molecule has 4 rings (SSSR count). The van der Waals surface area contributed by atoms with Crippen LogP contribution in [0.2, 0.25) is 0 Å². The number of hydrogen-bond donors (Lipinski definition) is 1. The number of thiophene rings is 1. The number of nitrogens with zero attached hydrogens (tertiary/aromatic N) is 4. The lowest BCUT2D eigenvalue weighted by atomic mass is 9.95. The average Bonchev–Trinajstić information content (AvgIpc) is 3.25. The van der Waals surface area contributed by atoms with E-state index >= 15 is 0 Å². The molecule has 1 saturated carbocycles. The highest BCUT2D eigenvalue weighted by Gasteiger charge is 2.39.